The number of carboxylic acids is 1. The zero-order valence-corrected chi connectivity index (χ0v) is 12.0. The van der Waals surface area contributed by atoms with Gasteiger partial charge in [0.1, 0.15) is 17.4 Å². The van der Waals surface area contributed by atoms with Gasteiger partial charge in [0, 0.05) is 10.9 Å². The molecule has 0 saturated heterocycles. The lowest BCUT2D eigenvalue weighted by Crippen LogP contribution is -2.01. The molecular weight excluding hydrogens is 304 g/mol. The Kier molecular flexibility index (Phi) is 3.65. The molecule has 6 heteroatoms. The summed E-state index contributed by atoms with van der Waals surface area (Å²) in [6, 6.07) is 8.83. The van der Waals surface area contributed by atoms with Crippen LogP contribution in [0.4, 0.5) is 8.78 Å². The van der Waals surface area contributed by atoms with Crippen LogP contribution in [0.25, 0.3) is 22.2 Å². The van der Waals surface area contributed by atoms with E-state index in [4.69, 9.17) is 4.74 Å². The first-order valence-corrected chi connectivity index (χ1v) is 6.67. The van der Waals surface area contributed by atoms with Crippen LogP contribution in [0.5, 0.6) is 5.75 Å². The summed E-state index contributed by atoms with van der Waals surface area (Å²) in [4.78, 5) is 15.8. The van der Waals surface area contributed by atoms with Crippen LogP contribution in [0.15, 0.2) is 42.5 Å². The molecule has 0 aliphatic rings. The molecule has 0 bridgehead atoms. The Labute approximate surface area is 130 Å². The van der Waals surface area contributed by atoms with Crippen molar-refractivity contribution in [3.63, 3.8) is 0 Å². The number of aromatic nitrogens is 1. The summed E-state index contributed by atoms with van der Waals surface area (Å²) < 4.78 is 32.1. The van der Waals surface area contributed by atoms with Crippen molar-refractivity contribution >= 4 is 16.9 Å². The van der Waals surface area contributed by atoms with Gasteiger partial charge in [0.2, 0.25) is 0 Å². The number of rotatable bonds is 3. The highest BCUT2D eigenvalue weighted by Crippen LogP contribution is 2.32. The minimum absolute atomic E-state index is 0.115. The molecule has 1 heterocycles. The summed E-state index contributed by atoms with van der Waals surface area (Å²) in [5.74, 6) is -1.92. The Morgan fingerprint density at radius 1 is 1.09 bits per heavy atom. The van der Waals surface area contributed by atoms with E-state index in [1.807, 2.05) is 0 Å². The van der Waals surface area contributed by atoms with Crippen LogP contribution in [0, 0.1) is 11.6 Å². The molecule has 116 valence electrons. The van der Waals surface area contributed by atoms with Crippen molar-refractivity contribution in [2.75, 3.05) is 7.11 Å². The van der Waals surface area contributed by atoms with E-state index in [-0.39, 0.29) is 16.6 Å². The number of fused-ring (bicyclic) bond motifs is 1. The molecule has 0 spiro atoms. The largest absolute Gasteiger partial charge is 0.496 e. The first-order chi connectivity index (χ1) is 11.0. The lowest BCUT2D eigenvalue weighted by molar-refractivity contribution is 0.0699. The van der Waals surface area contributed by atoms with E-state index < -0.39 is 17.6 Å². The first kappa shape index (κ1) is 14.9. The smallest absolute Gasteiger partial charge is 0.336 e. The fourth-order valence-corrected chi connectivity index (χ4v) is 2.39. The number of pyridine rings is 1. The fraction of sp³-hybridized carbons (Fsp3) is 0.0588. The Hall–Kier alpha value is -3.02. The molecule has 0 amide bonds. The lowest BCUT2D eigenvalue weighted by Gasteiger charge is -2.11. The van der Waals surface area contributed by atoms with E-state index in [0.29, 0.717) is 16.8 Å². The molecule has 3 aromatic rings. The summed E-state index contributed by atoms with van der Waals surface area (Å²) in [7, 11) is 1.42. The van der Waals surface area contributed by atoms with Crippen LogP contribution < -0.4 is 4.74 Å². The number of aromatic carboxylic acids is 1. The number of hydrogen-bond acceptors (Lipinski definition) is 3. The second-order valence-electron chi connectivity index (χ2n) is 4.87. The van der Waals surface area contributed by atoms with Crippen LogP contribution >= 0.6 is 0 Å². The molecule has 0 unspecified atom stereocenters. The second kappa shape index (κ2) is 5.64. The van der Waals surface area contributed by atoms with Crippen molar-refractivity contribution in [3.05, 3.63) is 59.7 Å². The van der Waals surface area contributed by atoms with Gasteiger partial charge in [-0.3, -0.25) is 0 Å². The summed E-state index contributed by atoms with van der Waals surface area (Å²) in [6.45, 7) is 0. The maximum Gasteiger partial charge on any atom is 0.336 e. The highest BCUT2D eigenvalue weighted by molar-refractivity contribution is 6.03. The Morgan fingerprint density at radius 2 is 1.78 bits per heavy atom. The Balaban J connectivity index is 2.33. The Bertz CT molecular complexity index is 925. The van der Waals surface area contributed by atoms with Crippen LogP contribution in [0.2, 0.25) is 0 Å². The topological polar surface area (TPSA) is 59.4 Å². The molecule has 0 saturated carbocycles. The number of nitrogens with zero attached hydrogens (tertiary/aromatic N) is 1. The van der Waals surface area contributed by atoms with Gasteiger partial charge in [-0.2, -0.15) is 0 Å². The molecule has 1 N–H and O–H groups in total. The monoisotopic (exact) mass is 315 g/mol. The van der Waals surface area contributed by atoms with Gasteiger partial charge < -0.3 is 9.84 Å². The van der Waals surface area contributed by atoms with Crippen LogP contribution in [0.3, 0.4) is 0 Å². The van der Waals surface area contributed by atoms with E-state index in [1.54, 1.807) is 0 Å². The van der Waals surface area contributed by atoms with Crippen molar-refractivity contribution in [1.29, 1.82) is 0 Å². The van der Waals surface area contributed by atoms with Gasteiger partial charge in [-0.25, -0.2) is 18.6 Å². The predicted octanol–water partition coefficient (Wildman–Crippen LogP) is 3.89. The summed E-state index contributed by atoms with van der Waals surface area (Å²) in [5, 5.41) is 9.55. The highest BCUT2D eigenvalue weighted by Gasteiger charge is 2.16. The SMILES string of the molecule is COc1ccc(F)cc1-c1cc(C(=O)O)c2cc(F)ccc2n1. The highest BCUT2D eigenvalue weighted by atomic mass is 19.1. The van der Waals surface area contributed by atoms with Gasteiger partial charge in [0.15, 0.2) is 0 Å². The van der Waals surface area contributed by atoms with Gasteiger partial charge >= 0.3 is 5.97 Å². The predicted molar refractivity (Wildman–Crippen MR) is 80.6 cm³/mol. The van der Waals surface area contributed by atoms with Crippen molar-refractivity contribution in [1.82, 2.24) is 4.98 Å². The Morgan fingerprint density at radius 3 is 2.48 bits per heavy atom. The van der Waals surface area contributed by atoms with Crippen LogP contribution in [-0.4, -0.2) is 23.2 Å². The van der Waals surface area contributed by atoms with Gasteiger partial charge in [-0.15, -0.1) is 0 Å². The molecule has 4 nitrogen and oxygen atoms in total. The lowest BCUT2D eigenvalue weighted by atomic mass is 10.0. The molecule has 0 fully saturated rings. The third-order valence-electron chi connectivity index (χ3n) is 3.44. The second-order valence-corrected chi connectivity index (χ2v) is 4.87. The standard InChI is InChI=1S/C17H11F2NO3/c1-23-16-5-3-10(19)7-13(16)15-8-12(17(21)22)11-6-9(18)2-4-14(11)20-15/h2-8H,1H3,(H,21,22). The molecule has 3 rings (SSSR count). The van der Waals surface area contributed by atoms with E-state index in [2.05, 4.69) is 4.98 Å². The zero-order chi connectivity index (χ0) is 16.6. The van der Waals surface area contributed by atoms with E-state index >= 15 is 0 Å². The van der Waals surface area contributed by atoms with Crippen LogP contribution in [0.1, 0.15) is 10.4 Å². The molecule has 0 atom stereocenters. The molecule has 0 radical (unpaired) electrons. The molecular formula is C17H11F2NO3. The van der Waals surface area contributed by atoms with Crippen molar-refractivity contribution in [3.8, 4) is 17.0 Å². The maximum atomic E-state index is 13.5. The number of hydrogen-bond donors (Lipinski definition) is 1. The van der Waals surface area contributed by atoms with Crippen LogP contribution in [-0.2, 0) is 0 Å². The number of methoxy groups -OCH3 is 1. The van der Waals surface area contributed by atoms with E-state index in [0.717, 1.165) is 6.07 Å². The van der Waals surface area contributed by atoms with Gasteiger partial charge in [-0.05, 0) is 42.5 Å². The van der Waals surface area contributed by atoms with Gasteiger partial charge in [0.05, 0.1) is 23.9 Å². The average Bonchev–Trinajstić information content (AvgIpc) is 2.53. The quantitative estimate of drug-likeness (QED) is 0.796. The normalized spacial score (nSPS) is 10.7. The molecule has 23 heavy (non-hydrogen) atoms. The molecule has 0 aliphatic heterocycles. The third-order valence-corrected chi connectivity index (χ3v) is 3.44. The minimum atomic E-state index is -1.22. The van der Waals surface area contributed by atoms with Gasteiger partial charge in [0.25, 0.3) is 0 Å². The minimum Gasteiger partial charge on any atom is -0.496 e. The van der Waals surface area contributed by atoms with Gasteiger partial charge in [-0.1, -0.05) is 0 Å². The van der Waals surface area contributed by atoms with Crippen molar-refractivity contribution in [2.45, 2.75) is 0 Å². The number of benzene rings is 2. The molecule has 2 aromatic carbocycles. The molecule has 0 aliphatic carbocycles. The van der Waals surface area contributed by atoms with E-state index in [9.17, 15) is 18.7 Å². The summed E-state index contributed by atoms with van der Waals surface area (Å²) in [6.07, 6.45) is 0. The summed E-state index contributed by atoms with van der Waals surface area (Å²) in [5.41, 5.74) is 0.738. The number of ether oxygens (including phenoxy) is 1. The maximum absolute atomic E-state index is 13.5. The van der Waals surface area contributed by atoms with Crippen molar-refractivity contribution < 1.29 is 23.4 Å². The van der Waals surface area contributed by atoms with E-state index in [1.165, 1.54) is 43.5 Å². The zero-order valence-electron chi connectivity index (χ0n) is 12.0. The number of halogens is 2. The number of carboxylic acid groups (broad SMARTS) is 1. The number of carbonyl (C=O) groups is 1. The first-order valence-electron chi connectivity index (χ1n) is 6.67. The average molecular weight is 315 g/mol. The van der Waals surface area contributed by atoms with Crippen molar-refractivity contribution in [2.24, 2.45) is 0 Å². The molecule has 1 aromatic heterocycles. The fourth-order valence-electron chi connectivity index (χ4n) is 2.39. The third kappa shape index (κ3) is 2.70. The summed E-state index contributed by atoms with van der Waals surface area (Å²) >= 11 is 0.